The van der Waals surface area contributed by atoms with Crippen molar-refractivity contribution in [3.63, 3.8) is 0 Å². The van der Waals surface area contributed by atoms with Crippen LogP contribution in [0, 0.1) is 0 Å². The average Bonchev–Trinajstić information content (AvgIpc) is 3.11. The molecular weight excluding hydrogens is 393 g/mol. The molecule has 3 aliphatic rings. The van der Waals surface area contributed by atoms with Crippen molar-refractivity contribution in [3.8, 4) is 11.5 Å². The molecule has 2 aromatic heterocycles. The molecule has 2 atom stereocenters. The van der Waals surface area contributed by atoms with E-state index in [0.29, 0.717) is 17.6 Å². The molecule has 3 saturated heterocycles. The van der Waals surface area contributed by atoms with Crippen molar-refractivity contribution < 1.29 is 36.3 Å². The summed E-state index contributed by atoms with van der Waals surface area (Å²) >= 11 is 0. The number of anilines is 1. The molecule has 2 N–H and O–H groups in total. The van der Waals surface area contributed by atoms with Crippen LogP contribution in [0.3, 0.4) is 0 Å². The number of fused-ring (bicyclic) bond motifs is 2. The van der Waals surface area contributed by atoms with Gasteiger partial charge in [0.15, 0.2) is 0 Å². The van der Waals surface area contributed by atoms with Gasteiger partial charge in [0.2, 0.25) is 5.89 Å². The average molecular weight is 407 g/mol. The molecule has 0 amide bonds. The second-order valence-corrected chi connectivity index (χ2v) is 6.16. The number of aliphatic carboxylic acids is 1. The first-order valence-corrected chi connectivity index (χ1v) is 8.02. The van der Waals surface area contributed by atoms with Crippen LogP contribution >= 0.6 is 0 Å². The zero-order chi connectivity index (χ0) is 20.5. The standard InChI is InChI=1S/C13H13F2N5O.C2HF3O2/c14-11(15)13-19-18-12(21-13)7-1-2-10(16-4-7)20-5-8-3-9(6-20)17-8;3-2(4,5)1(6)7/h1-2,4,8-9,11,17H,3,5-6H2;(H,6,7). The summed E-state index contributed by atoms with van der Waals surface area (Å²) in [5.41, 5.74) is 0.540. The molecule has 5 heterocycles. The summed E-state index contributed by atoms with van der Waals surface area (Å²) in [4.78, 5) is 15.5. The van der Waals surface area contributed by atoms with Crippen LogP contribution in [0.15, 0.2) is 22.7 Å². The fourth-order valence-corrected chi connectivity index (χ4v) is 2.84. The Morgan fingerprint density at radius 1 is 1.25 bits per heavy atom. The summed E-state index contributed by atoms with van der Waals surface area (Å²) in [6.07, 6.45) is -5.04. The van der Waals surface area contributed by atoms with Crippen LogP contribution in [0.4, 0.5) is 27.8 Å². The second-order valence-electron chi connectivity index (χ2n) is 6.16. The Morgan fingerprint density at radius 2 is 1.86 bits per heavy atom. The molecule has 0 saturated carbocycles. The van der Waals surface area contributed by atoms with Crippen molar-refractivity contribution in [2.75, 3.05) is 18.0 Å². The number of hydrogen-bond donors (Lipinski definition) is 2. The van der Waals surface area contributed by atoms with Crippen LogP contribution < -0.4 is 10.2 Å². The zero-order valence-electron chi connectivity index (χ0n) is 14.0. The summed E-state index contributed by atoms with van der Waals surface area (Å²) in [6, 6.07) is 4.72. The van der Waals surface area contributed by atoms with Crippen molar-refractivity contribution in [1.29, 1.82) is 0 Å². The fourth-order valence-electron chi connectivity index (χ4n) is 2.84. The number of piperidine rings is 1. The molecule has 2 aromatic rings. The van der Waals surface area contributed by atoms with E-state index in [9.17, 15) is 22.0 Å². The SMILES string of the molecule is FC(F)c1nnc(-c2ccc(N3CC4CC(C3)N4)nc2)o1.O=C(O)C(F)(F)F. The van der Waals surface area contributed by atoms with Crippen molar-refractivity contribution in [3.05, 3.63) is 24.2 Å². The van der Waals surface area contributed by atoms with Gasteiger partial charge in [0.1, 0.15) is 5.82 Å². The largest absolute Gasteiger partial charge is 0.490 e. The molecule has 0 spiro atoms. The van der Waals surface area contributed by atoms with E-state index in [1.165, 1.54) is 6.42 Å². The molecule has 2 unspecified atom stereocenters. The number of piperazine rings is 1. The molecule has 28 heavy (non-hydrogen) atoms. The van der Waals surface area contributed by atoms with E-state index in [-0.39, 0.29) is 5.89 Å². The molecule has 2 bridgehead atoms. The Labute approximate surface area is 154 Å². The lowest BCUT2D eigenvalue weighted by atomic mass is 9.91. The first kappa shape index (κ1) is 19.9. The highest BCUT2D eigenvalue weighted by Crippen LogP contribution is 2.27. The number of carboxylic acids is 1. The molecule has 3 aliphatic heterocycles. The number of nitrogens with one attached hydrogen (secondary N) is 1. The third-order valence-electron chi connectivity index (χ3n) is 4.11. The summed E-state index contributed by atoms with van der Waals surface area (Å²) in [5.74, 6) is -2.49. The smallest absolute Gasteiger partial charge is 0.475 e. The first-order valence-electron chi connectivity index (χ1n) is 8.02. The Hall–Kier alpha value is -2.83. The second kappa shape index (κ2) is 7.66. The molecule has 13 heteroatoms. The molecule has 3 fully saturated rings. The van der Waals surface area contributed by atoms with Gasteiger partial charge in [0, 0.05) is 31.4 Å². The van der Waals surface area contributed by atoms with Gasteiger partial charge in [-0.15, -0.1) is 10.2 Å². The lowest BCUT2D eigenvalue weighted by Crippen LogP contribution is -2.67. The van der Waals surface area contributed by atoms with Gasteiger partial charge in [-0.1, -0.05) is 0 Å². The lowest BCUT2D eigenvalue weighted by Gasteiger charge is -2.48. The molecule has 8 nitrogen and oxygen atoms in total. The van der Waals surface area contributed by atoms with Crippen molar-refractivity contribution in [2.45, 2.75) is 31.1 Å². The lowest BCUT2D eigenvalue weighted by molar-refractivity contribution is -0.192. The van der Waals surface area contributed by atoms with Crippen LogP contribution in [-0.4, -0.2) is 57.6 Å². The van der Waals surface area contributed by atoms with Crippen LogP contribution in [0.1, 0.15) is 18.7 Å². The number of rotatable bonds is 3. The zero-order valence-corrected chi connectivity index (χ0v) is 14.0. The highest BCUT2D eigenvalue weighted by atomic mass is 19.4. The van der Waals surface area contributed by atoms with Crippen molar-refractivity contribution >= 4 is 11.8 Å². The number of halogens is 5. The third-order valence-corrected chi connectivity index (χ3v) is 4.11. The molecule has 5 rings (SSSR count). The highest BCUT2D eigenvalue weighted by molar-refractivity contribution is 5.73. The number of aromatic nitrogens is 3. The summed E-state index contributed by atoms with van der Waals surface area (Å²) in [5, 5.41) is 17.5. The Balaban J connectivity index is 0.000000279. The van der Waals surface area contributed by atoms with Crippen LogP contribution in [0.2, 0.25) is 0 Å². The number of pyridine rings is 1. The van der Waals surface area contributed by atoms with Gasteiger partial charge in [0.25, 0.3) is 5.89 Å². The molecule has 152 valence electrons. The van der Waals surface area contributed by atoms with Crippen LogP contribution in [-0.2, 0) is 4.79 Å². The summed E-state index contributed by atoms with van der Waals surface area (Å²) < 4.78 is 61.5. The predicted molar refractivity (Wildman–Crippen MR) is 83.7 cm³/mol. The van der Waals surface area contributed by atoms with E-state index < -0.39 is 24.5 Å². The van der Waals surface area contributed by atoms with Gasteiger partial charge in [-0.25, -0.2) is 9.78 Å². The van der Waals surface area contributed by atoms with Crippen LogP contribution in [0.25, 0.3) is 11.5 Å². The maximum absolute atomic E-state index is 12.4. The van der Waals surface area contributed by atoms with Gasteiger partial charge < -0.3 is 19.7 Å². The van der Waals surface area contributed by atoms with E-state index in [0.717, 1.165) is 18.9 Å². The molecule has 0 radical (unpaired) electrons. The Bertz CT molecular complexity index is 810. The number of hydrogen-bond acceptors (Lipinski definition) is 7. The maximum atomic E-state index is 12.4. The minimum atomic E-state index is -5.08. The van der Waals surface area contributed by atoms with Gasteiger partial charge in [-0.3, -0.25) is 0 Å². The van der Waals surface area contributed by atoms with E-state index in [1.54, 1.807) is 12.3 Å². The topological polar surface area (TPSA) is 104 Å². The fraction of sp³-hybridized carbons (Fsp3) is 0.467. The van der Waals surface area contributed by atoms with Gasteiger partial charge in [-0.05, 0) is 18.6 Å². The molecular formula is C15H14F5N5O3. The van der Waals surface area contributed by atoms with Crippen molar-refractivity contribution in [1.82, 2.24) is 20.5 Å². The van der Waals surface area contributed by atoms with Crippen LogP contribution in [0.5, 0.6) is 0 Å². The predicted octanol–water partition coefficient (Wildman–Crippen LogP) is 2.25. The number of alkyl halides is 5. The minimum Gasteiger partial charge on any atom is -0.475 e. The van der Waals surface area contributed by atoms with Gasteiger partial charge in [0.05, 0.1) is 5.56 Å². The normalized spacial score (nSPS) is 21.0. The molecule has 0 aromatic carbocycles. The summed E-state index contributed by atoms with van der Waals surface area (Å²) in [6.45, 7) is 1.89. The van der Waals surface area contributed by atoms with Crippen molar-refractivity contribution in [2.24, 2.45) is 0 Å². The van der Waals surface area contributed by atoms with E-state index in [4.69, 9.17) is 14.3 Å². The number of carbonyl (C=O) groups is 1. The first-order chi connectivity index (χ1) is 13.1. The van der Waals surface area contributed by atoms with E-state index >= 15 is 0 Å². The van der Waals surface area contributed by atoms with E-state index in [1.807, 2.05) is 6.07 Å². The molecule has 0 aliphatic carbocycles. The van der Waals surface area contributed by atoms with Gasteiger partial charge in [-0.2, -0.15) is 22.0 Å². The Kier molecular flexibility index (Phi) is 5.45. The quantitative estimate of drug-likeness (QED) is 0.747. The third kappa shape index (κ3) is 4.52. The highest BCUT2D eigenvalue weighted by Gasteiger charge is 2.38. The Morgan fingerprint density at radius 3 is 2.29 bits per heavy atom. The number of carboxylic acid groups (broad SMARTS) is 1. The summed E-state index contributed by atoms with van der Waals surface area (Å²) in [7, 11) is 0. The number of nitrogens with zero attached hydrogens (tertiary/aromatic N) is 4. The van der Waals surface area contributed by atoms with E-state index in [2.05, 4.69) is 25.4 Å². The minimum absolute atomic E-state index is 0.0625. The monoisotopic (exact) mass is 407 g/mol. The van der Waals surface area contributed by atoms with Gasteiger partial charge >= 0.3 is 18.6 Å². The maximum Gasteiger partial charge on any atom is 0.490 e.